The van der Waals surface area contributed by atoms with Crippen LogP contribution in [0.4, 0.5) is 0 Å². The van der Waals surface area contributed by atoms with Crippen molar-refractivity contribution in [2.24, 2.45) is 0 Å². The number of carbonyl (C=O) groups excluding carboxylic acids is 1. The first-order valence-corrected chi connectivity index (χ1v) is 9.33. The Balaban J connectivity index is 1.59. The quantitative estimate of drug-likeness (QED) is 0.783. The van der Waals surface area contributed by atoms with E-state index in [0.717, 1.165) is 18.4 Å². The highest BCUT2D eigenvalue weighted by molar-refractivity contribution is 7.89. The number of nitrogens with zero attached hydrogens (tertiary/aromatic N) is 3. The highest BCUT2D eigenvalue weighted by Gasteiger charge is 2.34. The van der Waals surface area contributed by atoms with Crippen LogP contribution in [0.3, 0.4) is 0 Å². The molecule has 1 saturated heterocycles. The van der Waals surface area contributed by atoms with E-state index < -0.39 is 10.0 Å². The van der Waals surface area contributed by atoms with Gasteiger partial charge in [-0.3, -0.25) is 9.78 Å². The van der Waals surface area contributed by atoms with E-state index in [-0.39, 0.29) is 18.1 Å². The van der Waals surface area contributed by atoms with Gasteiger partial charge >= 0.3 is 0 Å². The summed E-state index contributed by atoms with van der Waals surface area (Å²) in [7, 11) is -3.12. The van der Waals surface area contributed by atoms with Gasteiger partial charge in [0.2, 0.25) is 15.9 Å². The molecule has 0 radical (unpaired) electrons. The van der Waals surface area contributed by atoms with Crippen LogP contribution in [-0.2, 0) is 21.4 Å². The van der Waals surface area contributed by atoms with Crippen molar-refractivity contribution in [2.75, 3.05) is 18.8 Å². The summed E-state index contributed by atoms with van der Waals surface area (Å²) in [6.45, 7) is 1.43. The Morgan fingerprint density at radius 2 is 2.05 bits per heavy atom. The van der Waals surface area contributed by atoms with Gasteiger partial charge in [-0.25, -0.2) is 12.7 Å². The molecule has 0 bridgehead atoms. The molecule has 6 nitrogen and oxygen atoms in total. The third-order valence-corrected chi connectivity index (χ3v) is 6.15. The van der Waals surface area contributed by atoms with Gasteiger partial charge in [-0.1, -0.05) is 0 Å². The van der Waals surface area contributed by atoms with Crippen LogP contribution in [0.15, 0.2) is 24.5 Å². The topological polar surface area (TPSA) is 70.6 Å². The van der Waals surface area contributed by atoms with Crippen LogP contribution < -0.4 is 0 Å². The Bertz CT molecular complexity index is 629. The minimum Gasteiger partial charge on any atom is -0.335 e. The zero-order valence-electron chi connectivity index (χ0n) is 12.5. The Morgan fingerprint density at radius 1 is 1.32 bits per heavy atom. The Labute approximate surface area is 131 Å². The molecule has 1 aromatic heterocycles. The van der Waals surface area contributed by atoms with Crippen LogP contribution in [0.1, 0.15) is 31.2 Å². The molecule has 1 saturated carbocycles. The zero-order valence-corrected chi connectivity index (χ0v) is 13.3. The molecule has 1 amide bonds. The van der Waals surface area contributed by atoms with Crippen molar-refractivity contribution < 1.29 is 13.2 Å². The largest absolute Gasteiger partial charge is 0.335 e. The third kappa shape index (κ3) is 3.64. The fraction of sp³-hybridized carbons (Fsp3) is 0.600. The standard InChI is InChI=1S/C15H21N3O3S/c19-15(6-10-17-9-1-11-22(17,20)21)18(14-2-3-14)12-13-4-7-16-8-5-13/h4-5,7-8,14H,1-3,6,9-12H2. The number of pyridine rings is 1. The highest BCUT2D eigenvalue weighted by atomic mass is 32.2. The lowest BCUT2D eigenvalue weighted by Gasteiger charge is -2.24. The van der Waals surface area contributed by atoms with Gasteiger partial charge < -0.3 is 4.90 Å². The van der Waals surface area contributed by atoms with E-state index in [2.05, 4.69) is 4.98 Å². The molecule has 2 aliphatic rings. The van der Waals surface area contributed by atoms with Crippen LogP contribution in [0, 0.1) is 0 Å². The summed E-state index contributed by atoms with van der Waals surface area (Å²) >= 11 is 0. The van der Waals surface area contributed by atoms with Gasteiger partial charge in [-0.2, -0.15) is 0 Å². The summed E-state index contributed by atoms with van der Waals surface area (Å²) in [5.74, 6) is 0.256. The minimum absolute atomic E-state index is 0.0430. The molecule has 0 aromatic carbocycles. The van der Waals surface area contributed by atoms with E-state index in [1.807, 2.05) is 17.0 Å². The summed E-state index contributed by atoms with van der Waals surface area (Å²) in [5, 5.41) is 0. The molecule has 1 aliphatic carbocycles. The molecule has 0 spiro atoms. The van der Waals surface area contributed by atoms with Gasteiger partial charge in [0.1, 0.15) is 0 Å². The van der Waals surface area contributed by atoms with E-state index in [0.29, 0.717) is 32.1 Å². The molecular weight excluding hydrogens is 302 g/mol. The fourth-order valence-electron chi connectivity index (χ4n) is 2.80. The molecule has 0 unspecified atom stereocenters. The summed E-state index contributed by atoms with van der Waals surface area (Å²) in [6.07, 6.45) is 6.46. The maximum absolute atomic E-state index is 12.5. The number of hydrogen-bond donors (Lipinski definition) is 0. The van der Waals surface area contributed by atoms with Gasteiger partial charge in [-0.05, 0) is 37.0 Å². The van der Waals surface area contributed by atoms with Gasteiger partial charge in [0.25, 0.3) is 0 Å². The number of aromatic nitrogens is 1. The SMILES string of the molecule is O=C(CCN1CCCS1(=O)=O)N(Cc1ccncc1)C1CC1. The molecule has 2 fully saturated rings. The van der Waals surface area contributed by atoms with Gasteiger partial charge in [-0.15, -0.1) is 0 Å². The molecule has 1 aromatic rings. The highest BCUT2D eigenvalue weighted by Crippen LogP contribution is 2.29. The van der Waals surface area contributed by atoms with E-state index in [9.17, 15) is 13.2 Å². The molecule has 22 heavy (non-hydrogen) atoms. The molecule has 1 aliphatic heterocycles. The number of sulfonamides is 1. The molecule has 120 valence electrons. The number of carbonyl (C=O) groups is 1. The summed E-state index contributed by atoms with van der Waals surface area (Å²) < 4.78 is 25.0. The van der Waals surface area contributed by atoms with Crippen LogP contribution >= 0.6 is 0 Å². The van der Waals surface area contributed by atoms with Crippen molar-refractivity contribution in [2.45, 2.75) is 38.3 Å². The van der Waals surface area contributed by atoms with Crippen molar-refractivity contribution in [3.8, 4) is 0 Å². The van der Waals surface area contributed by atoms with Crippen molar-refractivity contribution in [3.63, 3.8) is 0 Å². The number of amides is 1. The molecule has 3 rings (SSSR count). The number of hydrogen-bond acceptors (Lipinski definition) is 4. The molecule has 0 atom stereocenters. The maximum atomic E-state index is 12.5. The summed E-state index contributed by atoms with van der Waals surface area (Å²) in [6, 6.07) is 4.14. The van der Waals surface area contributed by atoms with Gasteiger partial charge in [0.05, 0.1) is 5.75 Å². The van der Waals surface area contributed by atoms with Crippen molar-refractivity contribution in [3.05, 3.63) is 30.1 Å². The van der Waals surface area contributed by atoms with Gasteiger partial charge in [0, 0.05) is 44.5 Å². The maximum Gasteiger partial charge on any atom is 0.224 e. The van der Waals surface area contributed by atoms with Crippen LogP contribution in [0.25, 0.3) is 0 Å². The van der Waals surface area contributed by atoms with Gasteiger partial charge in [0.15, 0.2) is 0 Å². The predicted octanol–water partition coefficient (Wildman–Crippen LogP) is 0.998. The van der Waals surface area contributed by atoms with Crippen molar-refractivity contribution in [1.29, 1.82) is 0 Å². The number of rotatable bonds is 6. The Kier molecular flexibility index (Phi) is 4.44. The van der Waals surface area contributed by atoms with E-state index in [1.165, 1.54) is 4.31 Å². The van der Waals surface area contributed by atoms with Crippen molar-refractivity contribution >= 4 is 15.9 Å². The Morgan fingerprint density at radius 3 is 2.64 bits per heavy atom. The molecule has 2 heterocycles. The predicted molar refractivity (Wildman–Crippen MR) is 82.4 cm³/mol. The van der Waals surface area contributed by atoms with E-state index >= 15 is 0 Å². The second-order valence-electron chi connectivity index (χ2n) is 5.93. The first-order chi connectivity index (χ1) is 10.6. The minimum atomic E-state index is -3.12. The van der Waals surface area contributed by atoms with E-state index in [4.69, 9.17) is 0 Å². The second kappa shape index (κ2) is 6.34. The van der Waals surface area contributed by atoms with Crippen LogP contribution in [-0.4, -0.2) is 53.4 Å². The zero-order chi connectivity index (χ0) is 15.6. The monoisotopic (exact) mass is 323 g/mol. The lowest BCUT2D eigenvalue weighted by molar-refractivity contribution is -0.132. The summed E-state index contributed by atoms with van der Waals surface area (Å²) in [5.41, 5.74) is 1.06. The average Bonchev–Trinajstić information content (AvgIpc) is 3.28. The smallest absolute Gasteiger partial charge is 0.224 e. The summed E-state index contributed by atoms with van der Waals surface area (Å²) in [4.78, 5) is 18.4. The lowest BCUT2D eigenvalue weighted by atomic mass is 10.2. The second-order valence-corrected chi connectivity index (χ2v) is 8.02. The normalized spacial score (nSPS) is 20.9. The average molecular weight is 323 g/mol. The van der Waals surface area contributed by atoms with E-state index in [1.54, 1.807) is 12.4 Å². The van der Waals surface area contributed by atoms with Crippen molar-refractivity contribution in [1.82, 2.24) is 14.2 Å². The first-order valence-electron chi connectivity index (χ1n) is 7.72. The lowest BCUT2D eigenvalue weighted by Crippen LogP contribution is -2.36. The molecule has 0 N–H and O–H groups in total. The molecular formula is C15H21N3O3S. The fourth-order valence-corrected chi connectivity index (χ4v) is 4.33. The first kappa shape index (κ1) is 15.4. The van der Waals surface area contributed by atoms with Crippen LogP contribution in [0.2, 0.25) is 0 Å². The molecule has 7 heteroatoms. The third-order valence-electron chi connectivity index (χ3n) is 4.19. The van der Waals surface area contributed by atoms with Crippen LogP contribution in [0.5, 0.6) is 0 Å². The Hall–Kier alpha value is -1.47.